The van der Waals surface area contributed by atoms with E-state index in [0.717, 1.165) is 6.26 Å². The number of ether oxygens (including phenoxy) is 1. The first-order valence-corrected chi connectivity index (χ1v) is 6.28. The summed E-state index contributed by atoms with van der Waals surface area (Å²) in [5.41, 5.74) is 0.162. The summed E-state index contributed by atoms with van der Waals surface area (Å²) >= 11 is 0. The van der Waals surface area contributed by atoms with Crippen molar-refractivity contribution in [1.82, 2.24) is 19.7 Å². The van der Waals surface area contributed by atoms with Crippen molar-refractivity contribution in [3.8, 4) is 0 Å². The molecule has 1 aliphatic rings. The van der Waals surface area contributed by atoms with E-state index in [2.05, 4.69) is 14.5 Å². The van der Waals surface area contributed by atoms with Gasteiger partial charge >= 0.3 is 5.76 Å². The second kappa shape index (κ2) is 5.33. The van der Waals surface area contributed by atoms with Gasteiger partial charge in [-0.1, -0.05) is 0 Å². The van der Waals surface area contributed by atoms with Gasteiger partial charge in [0.2, 0.25) is 0 Å². The molecule has 0 aromatic carbocycles. The molecular formula is C12H14N4O4. The predicted molar refractivity (Wildman–Crippen MR) is 67.2 cm³/mol. The number of morpholine rings is 1. The van der Waals surface area contributed by atoms with Gasteiger partial charge in [0.15, 0.2) is 0 Å². The molecule has 1 amide bonds. The number of hydrogen-bond acceptors (Lipinski definition) is 5. The van der Waals surface area contributed by atoms with Gasteiger partial charge in [0.05, 0.1) is 19.3 Å². The third-order valence-electron chi connectivity index (χ3n) is 3.13. The molecule has 1 saturated heterocycles. The third kappa shape index (κ3) is 2.64. The molecule has 1 fully saturated rings. The normalized spacial score (nSPS) is 19.2. The fourth-order valence-electron chi connectivity index (χ4n) is 2.19. The Morgan fingerprint density at radius 2 is 2.45 bits per heavy atom. The minimum absolute atomic E-state index is 0.119. The van der Waals surface area contributed by atoms with Crippen LogP contribution in [0.4, 0.5) is 0 Å². The molecule has 2 aromatic heterocycles. The lowest BCUT2D eigenvalue weighted by molar-refractivity contribution is -0.0301. The van der Waals surface area contributed by atoms with Crippen molar-refractivity contribution in [2.75, 3.05) is 19.7 Å². The summed E-state index contributed by atoms with van der Waals surface area (Å²) < 4.78 is 12.0. The van der Waals surface area contributed by atoms with Crippen LogP contribution in [0.25, 0.3) is 0 Å². The van der Waals surface area contributed by atoms with Crippen molar-refractivity contribution in [3.63, 3.8) is 0 Å². The summed E-state index contributed by atoms with van der Waals surface area (Å²) in [5.74, 6) is -0.890. The number of aromatic nitrogens is 3. The number of hydrogen-bond donors (Lipinski definition) is 1. The average molecular weight is 278 g/mol. The summed E-state index contributed by atoms with van der Waals surface area (Å²) in [4.78, 5) is 27.1. The largest absolute Gasteiger partial charge is 0.416 e. The van der Waals surface area contributed by atoms with Gasteiger partial charge in [-0.15, -0.1) is 0 Å². The minimum atomic E-state index is -0.630. The van der Waals surface area contributed by atoms with Gasteiger partial charge in [0, 0.05) is 25.5 Å². The number of carbonyl (C=O) groups is 1. The molecular weight excluding hydrogens is 264 g/mol. The van der Waals surface area contributed by atoms with Crippen LogP contribution in [0.5, 0.6) is 0 Å². The monoisotopic (exact) mass is 278 g/mol. The predicted octanol–water partition coefficient (Wildman–Crippen LogP) is -0.294. The molecule has 0 aliphatic carbocycles. The van der Waals surface area contributed by atoms with Gasteiger partial charge in [0.1, 0.15) is 12.0 Å². The van der Waals surface area contributed by atoms with Gasteiger partial charge in [-0.3, -0.25) is 14.5 Å². The van der Waals surface area contributed by atoms with Crippen LogP contribution in [-0.4, -0.2) is 51.4 Å². The zero-order valence-corrected chi connectivity index (χ0v) is 10.7. The number of rotatable bonds is 3. The molecule has 1 N–H and O–H groups in total. The second-order valence-electron chi connectivity index (χ2n) is 4.53. The fourth-order valence-corrected chi connectivity index (χ4v) is 2.19. The molecule has 106 valence electrons. The van der Waals surface area contributed by atoms with Crippen molar-refractivity contribution in [3.05, 3.63) is 41.0 Å². The minimum Gasteiger partial charge on any atom is -0.416 e. The molecule has 0 spiro atoms. The molecule has 3 rings (SSSR count). The van der Waals surface area contributed by atoms with Gasteiger partial charge < -0.3 is 14.1 Å². The molecule has 1 aliphatic heterocycles. The molecule has 8 heteroatoms. The van der Waals surface area contributed by atoms with Crippen LogP contribution >= 0.6 is 0 Å². The zero-order valence-electron chi connectivity index (χ0n) is 10.7. The number of oxazole rings is 1. The highest BCUT2D eigenvalue weighted by Crippen LogP contribution is 2.10. The number of nitrogens with zero attached hydrogens (tertiary/aromatic N) is 3. The Morgan fingerprint density at radius 1 is 1.55 bits per heavy atom. The van der Waals surface area contributed by atoms with Gasteiger partial charge in [-0.05, 0) is 6.07 Å². The molecule has 1 unspecified atom stereocenters. The zero-order chi connectivity index (χ0) is 13.9. The van der Waals surface area contributed by atoms with E-state index in [1.807, 2.05) is 12.3 Å². The van der Waals surface area contributed by atoms with Crippen molar-refractivity contribution in [2.45, 2.75) is 12.6 Å². The first-order valence-electron chi connectivity index (χ1n) is 6.28. The van der Waals surface area contributed by atoms with E-state index < -0.39 is 5.76 Å². The van der Waals surface area contributed by atoms with E-state index >= 15 is 0 Å². The summed E-state index contributed by atoms with van der Waals surface area (Å²) in [6, 6.07) is 1.84. The highest BCUT2D eigenvalue weighted by atomic mass is 16.5. The van der Waals surface area contributed by atoms with Crippen molar-refractivity contribution in [2.24, 2.45) is 0 Å². The van der Waals surface area contributed by atoms with E-state index in [4.69, 9.17) is 4.74 Å². The van der Waals surface area contributed by atoms with Crippen molar-refractivity contribution in [1.29, 1.82) is 0 Å². The van der Waals surface area contributed by atoms with Crippen LogP contribution < -0.4 is 5.76 Å². The summed E-state index contributed by atoms with van der Waals surface area (Å²) in [5, 5.41) is 4.11. The standard InChI is InChI=1S/C12H14N4O4/c17-11(10-8-20-12(18)14-10)15-4-5-19-9(6-15)7-16-3-1-2-13-16/h1-3,8-9H,4-7H2,(H,14,18). The Kier molecular flexibility index (Phi) is 3.38. The first-order chi connectivity index (χ1) is 9.72. The van der Waals surface area contributed by atoms with E-state index in [9.17, 15) is 9.59 Å². The van der Waals surface area contributed by atoms with Crippen LogP contribution in [0.1, 0.15) is 10.5 Å². The molecule has 2 aromatic rings. The second-order valence-corrected chi connectivity index (χ2v) is 4.53. The average Bonchev–Trinajstić information content (AvgIpc) is 3.10. The Bertz CT molecular complexity index is 630. The molecule has 1 atom stereocenters. The number of aromatic amines is 1. The highest BCUT2D eigenvalue weighted by Gasteiger charge is 2.26. The Labute approximate surface area is 113 Å². The number of H-pyrrole nitrogens is 1. The number of nitrogens with one attached hydrogen (secondary N) is 1. The van der Waals surface area contributed by atoms with E-state index in [0.29, 0.717) is 26.2 Å². The van der Waals surface area contributed by atoms with Crippen molar-refractivity contribution >= 4 is 5.91 Å². The Balaban J connectivity index is 1.65. The molecule has 0 radical (unpaired) electrons. The first kappa shape index (κ1) is 12.7. The maximum Gasteiger partial charge on any atom is 0.416 e. The summed E-state index contributed by atoms with van der Waals surface area (Å²) in [6.45, 7) is 1.98. The molecule has 0 saturated carbocycles. The molecule has 8 nitrogen and oxygen atoms in total. The smallest absolute Gasteiger partial charge is 0.416 e. The van der Waals surface area contributed by atoms with E-state index in [1.54, 1.807) is 15.8 Å². The van der Waals surface area contributed by atoms with Crippen molar-refractivity contribution < 1.29 is 13.9 Å². The molecule has 0 bridgehead atoms. The SMILES string of the molecule is O=C(c1coc(=O)[nH]1)N1CCOC(Cn2cccn2)C1. The Morgan fingerprint density at radius 3 is 3.15 bits per heavy atom. The topological polar surface area (TPSA) is 93.4 Å². The molecule has 20 heavy (non-hydrogen) atoms. The maximum absolute atomic E-state index is 12.2. The fraction of sp³-hybridized carbons (Fsp3) is 0.417. The lowest BCUT2D eigenvalue weighted by Gasteiger charge is -2.32. The van der Waals surface area contributed by atoms with Gasteiger partial charge in [-0.25, -0.2) is 4.79 Å². The lowest BCUT2D eigenvalue weighted by atomic mass is 10.2. The quantitative estimate of drug-likeness (QED) is 0.832. The maximum atomic E-state index is 12.2. The lowest BCUT2D eigenvalue weighted by Crippen LogP contribution is -2.47. The van der Waals surface area contributed by atoms with Crippen LogP contribution in [0, 0.1) is 0 Å². The van der Waals surface area contributed by atoms with Crippen LogP contribution in [0.15, 0.2) is 33.9 Å². The van der Waals surface area contributed by atoms with E-state index in [1.165, 1.54) is 0 Å². The van der Waals surface area contributed by atoms with Crippen LogP contribution in [0.2, 0.25) is 0 Å². The third-order valence-corrected chi connectivity index (χ3v) is 3.13. The number of carbonyl (C=O) groups excluding carboxylic acids is 1. The van der Waals surface area contributed by atoms with Crippen LogP contribution in [0.3, 0.4) is 0 Å². The van der Waals surface area contributed by atoms with Crippen LogP contribution in [-0.2, 0) is 11.3 Å². The highest BCUT2D eigenvalue weighted by molar-refractivity contribution is 5.91. The summed E-state index contributed by atoms with van der Waals surface area (Å²) in [6.07, 6.45) is 4.56. The van der Waals surface area contributed by atoms with E-state index in [-0.39, 0.29) is 17.7 Å². The molecule has 3 heterocycles. The van der Waals surface area contributed by atoms with Gasteiger partial charge in [-0.2, -0.15) is 5.10 Å². The number of amides is 1. The van der Waals surface area contributed by atoms with Gasteiger partial charge in [0.25, 0.3) is 5.91 Å². The summed E-state index contributed by atoms with van der Waals surface area (Å²) in [7, 11) is 0. The Hall–Kier alpha value is -2.35.